The fourth-order valence-corrected chi connectivity index (χ4v) is 0.306. The Labute approximate surface area is 65.2 Å². The Hall–Kier alpha value is -0.850. The van der Waals surface area contributed by atoms with E-state index in [2.05, 4.69) is 11.1 Å². The Kier molecular flexibility index (Phi) is 13.8. The van der Waals surface area contributed by atoms with Crippen molar-refractivity contribution < 1.29 is 15.0 Å². The first-order valence-corrected chi connectivity index (χ1v) is 3.15. The number of amides is 1. The zero-order valence-corrected chi connectivity index (χ0v) is 6.29. The number of nitrogens with two attached hydrogens (primary N) is 2. The molecule has 0 radical (unpaired) electrons. The second-order valence-corrected chi connectivity index (χ2v) is 1.60. The molecule has 0 aromatic rings. The summed E-state index contributed by atoms with van der Waals surface area (Å²) in [5, 5.41) is 18.3. The van der Waals surface area contributed by atoms with Gasteiger partial charge < -0.3 is 27.0 Å². The van der Waals surface area contributed by atoms with E-state index in [1.165, 1.54) is 0 Å². The van der Waals surface area contributed by atoms with Crippen LogP contribution >= 0.6 is 0 Å². The Balaban J connectivity index is 0. The molecule has 1 amide bonds. The van der Waals surface area contributed by atoms with Crippen molar-refractivity contribution in [1.29, 1.82) is 0 Å². The molecule has 0 aliphatic carbocycles. The molecule has 7 N–H and O–H groups in total. The van der Waals surface area contributed by atoms with Crippen molar-refractivity contribution in [2.75, 3.05) is 26.2 Å². The average Bonchev–Trinajstić information content (AvgIpc) is 1.88. The second-order valence-electron chi connectivity index (χ2n) is 1.60. The van der Waals surface area contributed by atoms with Gasteiger partial charge in [0, 0.05) is 19.6 Å². The van der Waals surface area contributed by atoms with Gasteiger partial charge in [0.25, 0.3) is 0 Å². The van der Waals surface area contributed by atoms with Crippen LogP contribution in [0.4, 0.5) is 4.79 Å². The quantitative estimate of drug-likeness (QED) is 0.313. The summed E-state index contributed by atoms with van der Waals surface area (Å²) in [7, 11) is 0. The van der Waals surface area contributed by atoms with Crippen LogP contribution in [0.5, 0.6) is 0 Å². The monoisotopic (exact) mass is 165 g/mol. The molecule has 0 aromatic carbocycles. The van der Waals surface area contributed by atoms with Crippen LogP contribution in [0, 0.1) is 0 Å². The number of carboxylic acid groups (broad SMARTS) is 1. The van der Waals surface area contributed by atoms with Crippen molar-refractivity contribution in [3.8, 4) is 0 Å². The fraction of sp³-hybridized carbons (Fsp3) is 0.800. The molecule has 6 nitrogen and oxygen atoms in total. The maximum Gasteiger partial charge on any atom is 0.402 e. The predicted octanol–water partition coefficient (Wildman–Crippen LogP) is -1.85. The maximum atomic E-state index is 8.78. The van der Waals surface area contributed by atoms with Gasteiger partial charge in [0.05, 0.1) is 6.61 Å². The largest absolute Gasteiger partial charge is 0.465 e. The molecule has 0 fully saturated rings. The first kappa shape index (κ1) is 12.8. The highest BCUT2D eigenvalue weighted by Gasteiger charge is 1.77. The molecular weight excluding hydrogens is 150 g/mol. The van der Waals surface area contributed by atoms with Gasteiger partial charge >= 0.3 is 6.09 Å². The first-order valence-electron chi connectivity index (χ1n) is 3.15. The molecule has 0 bridgehead atoms. The van der Waals surface area contributed by atoms with Crippen LogP contribution < -0.4 is 16.8 Å². The van der Waals surface area contributed by atoms with Crippen LogP contribution in [-0.2, 0) is 0 Å². The van der Waals surface area contributed by atoms with E-state index in [9.17, 15) is 0 Å². The minimum atomic E-state index is -1.33. The molecule has 0 aliphatic rings. The van der Waals surface area contributed by atoms with E-state index >= 15 is 0 Å². The van der Waals surface area contributed by atoms with E-state index in [0.29, 0.717) is 13.1 Å². The van der Waals surface area contributed by atoms with E-state index in [4.69, 9.17) is 20.7 Å². The van der Waals surface area contributed by atoms with Crippen LogP contribution in [0.2, 0.25) is 0 Å². The van der Waals surface area contributed by atoms with Gasteiger partial charge in [-0.25, -0.2) is 4.79 Å². The highest BCUT2D eigenvalue weighted by atomic mass is 16.4. The van der Waals surface area contributed by atoms with Gasteiger partial charge in [0.15, 0.2) is 0 Å². The normalized spacial score (nSPS) is 8.18. The third kappa shape index (κ3) is 47.1. The molecule has 0 heterocycles. The molecule has 0 aliphatic heterocycles. The highest BCUT2D eigenvalue weighted by Crippen LogP contribution is 1.51. The van der Waals surface area contributed by atoms with Gasteiger partial charge in [0.1, 0.15) is 0 Å². The molecule has 0 spiro atoms. The lowest BCUT2D eigenvalue weighted by molar-refractivity contribution is 0.205. The van der Waals surface area contributed by atoms with Crippen molar-refractivity contribution in [2.24, 2.45) is 11.5 Å². The Bertz CT molecular complexity index is 81.0. The summed E-state index contributed by atoms with van der Waals surface area (Å²) in [6, 6.07) is 0. The summed E-state index contributed by atoms with van der Waals surface area (Å²) < 4.78 is 0. The van der Waals surface area contributed by atoms with Crippen LogP contribution in [0.15, 0.2) is 0 Å². The van der Waals surface area contributed by atoms with Gasteiger partial charge in [-0.2, -0.15) is 0 Å². The second kappa shape index (κ2) is 11.9. The van der Waals surface area contributed by atoms with Crippen LogP contribution in [0.1, 0.15) is 0 Å². The number of carbonyl (C=O) groups is 1. The molecular formula is C5H15N3O3. The summed E-state index contributed by atoms with van der Waals surface area (Å²) in [6.45, 7) is 2.28. The molecule has 0 rings (SSSR count). The minimum absolute atomic E-state index is 0.194. The molecule has 0 aromatic heterocycles. The molecule has 68 valence electrons. The molecule has 11 heavy (non-hydrogen) atoms. The zero-order chi connectivity index (χ0) is 9.11. The van der Waals surface area contributed by atoms with Gasteiger partial charge in [-0.3, -0.25) is 0 Å². The molecule has 0 saturated heterocycles. The van der Waals surface area contributed by atoms with Gasteiger partial charge in [-0.15, -0.1) is 0 Å². The SMILES string of the molecule is NC(=O)O.NCCNCCO. The first-order chi connectivity index (χ1) is 5.15. The lowest BCUT2D eigenvalue weighted by atomic mass is 10.6. The van der Waals surface area contributed by atoms with Crippen molar-refractivity contribution in [3.05, 3.63) is 0 Å². The third-order valence-electron chi connectivity index (χ3n) is 0.610. The molecule has 0 saturated carbocycles. The number of hydrogen-bond donors (Lipinski definition) is 5. The molecule has 0 atom stereocenters. The summed E-state index contributed by atoms with van der Waals surface area (Å²) in [5.74, 6) is 0. The van der Waals surface area contributed by atoms with Gasteiger partial charge in [-0.05, 0) is 0 Å². The van der Waals surface area contributed by atoms with Crippen molar-refractivity contribution in [3.63, 3.8) is 0 Å². The zero-order valence-electron chi connectivity index (χ0n) is 6.29. The van der Waals surface area contributed by atoms with Crippen LogP contribution in [0.25, 0.3) is 0 Å². The maximum absolute atomic E-state index is 8.78. The van der Waals surface area contributed by atoms with E-state index in [-0.39, 0.29) is 6.61 Å². The summed E-state index contributed by atoms with van der Waals surface area (Å²) in [5.41, 5.74) is 9.15. The summed E-state index contributed by atoms with van der Waals surface area (Å²) in [6.07, 6.45) is -1.33. The molecule has 6 heteroatoms. The van der Waals surface area contributed by atoms with Gasteiger partial charge in [-0.1, -0.05) is 0 Å². The van der Waals surface area contributed by atoms with E-state index < -0.39 is 6.09 Å². The number of primary amides is 1. The minimum Gasteiger partial charge on any atom is -0.465 e. The van der Waals surface area contributed by atoms with Crippen molar-refractivity contribution in [2.45, 2.75) is 0 Å². The summed E-state index contributed by atoms with van der Waals surface area (Å²) >= 11 is 0. The average molecular weight is 165 g/mol. The predicted molar refractivity (Wildman–Crippen MR) is 41.2 cm³/mol. The number of nitrogens with one attached hydrogen (secondary N) is 1. The smallest absolute Gasteiger partial charge is 0.402 e. The third-order valence-corrected chi connectivity index (χ3v) is 0.610. The van der Waals surface area contributed by atoms with Crippen LogP contribution in [0.3, 0.4) is 0 Å². The number of aliphatic hydroxyl groups is 1. The Morgan fingerprint density at radius 1 is 1.45 bits per heavy atom. The number of aliphatic hydroxyl groups excluding tert-OH is 1. The number of hydrogen-bond acceptors (Lipinski definition) is 4. The Morgan fingerprint density at radius 2 is 1.91 bits per heavy atom. The van der Waals surface area contributed by atoms with Gasteiger partial charge in [0.2, 0.25) is 0 Å². The van der Waals surface area contributed by atoms with Crippen LogP contribution in [-0.4, -0.2) is 42.5 Å². The topological polar surface area (TPSA) is 122 Å². The lowest BCUT2D eigenvalue weighted by Crippen LogP contribution is -2.24. The summed E-state index contributed by atoms with van der Waals surface area (Å²) in [4.78, 5) is 8.78. The van der Waals surface area contributed by atoms with Crippen molar-refractivity contribution in [1.82, 2.24) is 5.32 Å². The molecule has 0 unspecified atom stereocenters. The van der Waals surface area contributed by atoms with E-state index in [1.54, 1.807) is 0 Å². The van der Waals surface area contributed by atoms with E-state index in [1.807, 2.05) is 0 Å². The van der Waals surface area contributed by atoms with Crippen molar-refractivity contribution >= 4 is 6.09 Å². The Morgan fingerprint density at radius 3 is 2.18 bits per heavy atom. The number of rotatable bonds is 4. The fourth-order valence-electron chi connectivity index (χ4n) is 0.306. The highest BCUT2D eigenvalue weighted by molar-refractivity contribution is 5.61. The lowest BCUT2D eigenvalue weighted by Gasteiger charge is -1.95. The standard InChI is InChI=1S/C4H12N2O.CH3NO2/c5-1-2-6-3-4-7;2-1(3)4/h6-7H,1-5H2;2H2,(H,3,4). The van der Waals surface area contributed by atoms with E-state index in [0.717, 1.165) is 6.54 Å².